The Bertz CT molecular complexity index is 571. The van der Waals surface area contributed by atoms with E-state index < -0.39 is 9.84 Å². The zero-order valence-electron chi connectivity index (χ0n) is 13.0. The van der Waals surface area contributed by atoms with E-state index in [1.165, 1.54) is 0 Å². The molecule has 1 aromatic carbocycles. The van der Waals surface area contributed by atoms with Gasteiger partial charge in [0, 0.05) is 12.6 Å². The van der Waals surface area contributed by atoms with Gasteiger partial charge in [0.15, 0.2) is 9.84 Å². The van der Waals surface area contributed by atoms with Crippen LogP contribution < -0.4 is 5.32 Å². The van der Waals surface area contributed by atoms with Crippen molar-refractivity contribution < 1.29 is 13.2 Å². The molecule has 0 spiro atoms. The zero-order valence-corrected chi connectivity index (χ0v) is 13.8. The average Bonchev–Trinajstić information content (AvgIpc) is 2.86. The van der Waals surface area contributed by atoms with Gasteiger partial charge in [-0.2, -0.15) is 0 Å². The minimum atomic E-state index is -3.18. The second-order valence-electron chi connectivity index (χ2n) is 5.70. The number of hydrogen-bond donors (Lipinski definition) is 1. The van der Waals surface area contributed by atoms with Gasteiger partial charge in [-0.25, -0.2) is 8.42 Å². The Kier molecular flexibility index (Phi) is 5.41. The lowest BCUT2D eigenvalue weighted by molar-refractivity contribution is 0.126. The summed E-state index contributed by atoms with van der Waals surface area (Å²) in [5.41, 5.74) is 2.18. The molecule has 118 valence electrons. The van der Waals surface area contributed by atoms with Gasteiger partial charge < -0.3 is 10.1 Å². The molecule has 1 aliphatic rings. The first kappa shape index (κ1) is 16.5. The highest BCUT2D eigenvalue weighted by Gasteiger charge is 2.37. The van der Waals surface area contributed by atoms with E-state index in [0.717, 1.165) is 17.7 Å². The SMILES string of the molecule is CCNC(CS(=O)(=O)C1CCOC1C)c1ccccc1C. The van der Waals surface area contributed by atoms with Gasteiger partial charge in [-0.1, -0.05) is 31.2 Å². The van der Waals surface area contributed by atoms with Gasteiger partial charge in [-0.3, -0.25) is 0 Å². The van der Waals surface area contributed by atoms with Crippen molar-refractivity contribution in [3.05, 3.63) is 35.4 Å². The normalized spacial score (nSPS) is 24.1. The van der Waals surface area contributed by atoms with Crippen LogP contribution in [0.15, 0.2) is 24.3 Å². The van der Waals surface area contributed by atoms with Gasteiger partial charge in [0.1, 0.15) is 0 Å². The fourth-order valence-electron chi connectivity index (χ4n) is 3.02. The van der Waals surface area contributed by atoms with Crippen molar-refractivity contribution in [3.8, 4) is 0 Å². The molecule has 0 bridgehead atoms. The number of sulfone groups is 1. The van der Waals surface area contributed by atoms with Crippen LogP contribution in [-0.2, 0) is 14.6 Å². The van der Waals surface area contributed by atoms with E-state index in [1.807, 2.05) is 45.0 Å². The van der Waals surface area contributed by atoms with Crippen molar-refractivity contribution in [1.29, 1.82) is 0 Å². The quantitative estimate of drug-likeness (QED) is 0.875. The van der Waals surface area contributed by atoms with E-state index in [2.05, 4.69) is 5.32 Å². The van der Waals surface area contributed by atoms with Gasteiger partial charge in [-0.15, -0.1) is 0 Å². The molecule has 1 aromatic rings. The molecule has 2 rings (SSSR count). The van der Waals surface area contributed by atoms with Crippen molar-refractivity contribution in [2.24, 2.45) is 0 Å². The molecule has 0 saturated carbocycles. The van der Waals surface area contributed by atoms with Gasteiger partial charge in [0.2, 0.25) is 0 Å². The molecular weight excluding hydrogens is 286 g/mol. The number of benzene rings is 1. The summed E-state index contributed by atoms with van der Waals surface area (Å²) < 4.78 is 30.8. The number of nitrogens with one attached hydrogen (secondary N) is 1. The Morgan fingerprint density at radius 1 is 1.38 bits per heavy atom. The molecule has 21 heavy (non-hydrogen) atoms. The zero-order chi connectivity index (χ0) is 15.5. The maximum atomic E-state index is 12.7. The molecule has 0 aliphatic carbocycles. The maximum Gasteiger partial charge on any atom is 0.157 e. The average molecular weight is 311 g/mol. The first-order valence-corrected chi connectivity index (χ1v) is 9.29. The molecule has 1 N–H and O–H groups in total. The molecule has 1 fully saturated rings. The van der Waals surface area contributed by atoms with Gasteiger partial charge in [-0.05, 0) is 37.9 Å². The fraction of sp³-hybridized carbons (Fsp3) is 0.625. The Hall–Kier alpha value is -0.910. The molecule has 3 unspecified atom stereocenters. The predicted octanol–water partition coefficient (Wildman–Crippen LogP) is 2.24. The minimum Gasteiger partial charge on any atom is -0.377 e. The minimum absolute atomic E-state index is 0.129. The van der Waals surface area contributed by atoms with Crippen LogP contribution >= 0.6 is 0 Å². The van der Waals surface area contributed by atoms with E-state index in [9.17, 15) is 8.42 Å². The molecule has 0 amide bonds. The highest BCUT2D eigenvalue weighted by atomic mass is 32.2. The lowest BCUT2D eigenvalue weighted by atomic mass is 10.0. The van der Waals surface area contributed by atoms with E-state index >= 15 is 0 Å². The topological polar surface area (TPSA) is 55.4 Å². The summed E-state index contributed by atoms with van der Waals surface area (Å²) >= 11 is 0. The summed E-state index contributed by atoms with van der Waals surface area (Å²) in [6.45, 7) is 7.16. The molecule has 0 radical (unpaired) electrons. The van der Waals surface area contributed by atoms with E-state index in [1.54, 1.807) is 0 Å². The molecule has 1 heterocycles. The summed E-state index contributed by atoms with van der Waals surface area (Å²) in [5, 5.41) is 2.94. The fourth-order valence-corrected chi connectivity index (χ4v) is 5.15. The van der Waals surface area contributed by atoms with Crippen LogP contribution in [0.5, 0.6) is 0 Å². The molecule has 4 nitrogen and oxygen atoms in total. The van der Waals surface area contributed by atoms with E-state index in [0.29, 0.717) is 13.0 Å². The second-order valence-corrected chi connectivity index (χ2v) is 7.96. The third kappa shape index (κ3) is 3.84. The molecule has 5 heteroatoms. The summed E-state index contributed by atoms with van der Waals surface area (Å²) in [4.78, 5) is 0. The van der Waals surface area contributed by atoms with Crippen molar-refractivity contribution in [1.82, 2.24) is 5.32 Å². The Labute approximate surface area is 127 Å². The molecule has 3 atom stereocenters. The Morgan fingerprint density at radius 3 is 2.67 bits per heavy atom. The van der Waals surface area contributed by atoms with Crippen molar-refractivity contribution in [2.45, 2.75) is 44.6 Å². The van der Waals surface area contributed by atoms with Crippen molar-refractivity contribution in [3.63, 3.8) is 0 Å². The maximum absolute atomic E-state index is 12.7. The Balaban J connectivity index is 2.22. The molecule has 1 saturated heterocycles. The molecule has 1 aliphatic heterocycles. The number of hydrogen-bond acceptors (Lipinski definition) is 4. The Morgan fingerprint density at radius 2 is 2.10 bits per heavy atom. The first-order chi connectivity index (χ1) is 9.95. The van der Waals surface area contributed by atoms with Crippen LogP contribution in [-0.4, -0.2) is 38.7 Å². The monoisotopic (exact) mass is 311 g/mol. The standard InChI is InChI=1S/C16H25NO3S/c1-4-17-15(14-8-6-5-7-12(14)2)11-21(18,19)16-9-10-20-13(16)3/h5-8,13,15-17H,4,9-11H2,1-3H3. The largest absolute Gasteiger partial charge is 0.377 e. The van der Waals surface area contributed by atoms with E-state index in [4.69, 9.17) is 4.74 Å². The first-order valence-electron chi connectivity index (χ1n) is 7.57. The van der Waals surface area contributed by atoms with Crippen LogP contribution in [0, 0.1) is 6.92 Å². The van der Waals surface area contributed by atoms with Crippen LogP contribution in [0.2, 0.25) is 0 Å². The smallest absolute Gasteiger partial charge is 0.157 e. The van der Waals surface area contributed by atoms with Crippen molar-refractivity contribution in [2.75, 3.05) is 18.9 Å². The van der Waals surface area contributed by atoms with Crippen LogP contribution in [0.3, 0.4) is 0 Å². The second kappa shape index (κ2) is 6.90. The number of ether oxygens (including phenoxy) is 1. The summed E-state index contributed by atoms with van der Waals surface area (Å²) in [6, 6.07) is 7.80. The number of aryl methyl sites for hydroxylation is 1. The highest BCUT2D eigenvalue weighted by molar-refractivity contribution is 7.92. The highest BCUT2D eigenvalue weighted by Crippen LogP contribution is 2.26. The third-order valence-electron chi connectivity index (χ3n) is 4.18. The van der Waals surface area contributed by atoms with Crippen LogP contribution in [0.4, 0.5) is 0 Å². The lowest BCUT2D eigenvalue weighted by Crippen LogP contribution is -2.36. The number of rotatable bonds is 6. The van der Waals surface area contributed by atoms with Gasteiger partial charge in [0.25, 0.3) is 0 Å². The lowest BCUT2D eigenvalue weighted by Gasteiger charge is -2.23. The van der Waals surface area contributed by atoms with E-state index in [-0.39, 0.29) is 23.1 Å². The predicted molar refractivity (Wildman–Crippen MR) is 85.2 cm³/mol. The van der Waals surface area contributed by atoms with Crippen LogP contribution in [0.25, 0.3) is 0 Å². The van der Waals surface area contributed by atoms with Crippen LogP contribution in [0.1, 0.15) is 37.4 Å². The molecule has 0 aromatic heterocycles. The third-order valence-corrected chi connectivity index (χ3v) is 6.52. The van der Waals surface area contributed by atoms with Crippen molar-refractivity contribution >= 4 is 9.84 Å². The van der Waals surface area contributed by atoms with Gasteiger partial charge >= 0.3 is 0 Å². The molecular formula is C16H25NO3S. The van der Waals surface area contributed by atoms with Gasteiger partial charge in [0.05, 0.1) is 17.1 Å². The summed E-state index contributed by atoms with van der Waals surface area (Å²) in [6.07, 6.45) is 0.407. The summed E-state index contributed by atoms with van der Waals surface area (Å²) in [5.74, 6) is 0.129. The summed E-state index contributed by atoms with van der Waals surface area (Å²) in [7, 11) is -3.18.